The quantitative estimate of drug-likeness (QED) is 0.446. The second-order valence-electron chi connectivity index (χ2n) is 10.5. The van der Waals surface area contributed by atoms with Gasteiger partial charge in [0.2, 0.25) is 0 Å². The largest absolute Gasteiger partial charge is 0.481 e. The average molecular weight is 467 g/mol. The molecule has 6 aliphatic rings. The molecule has 0 aromatic heterocycles. The maximum absolute atomic E-state index is 12.5. The lowest BCUT2D eigenvalue weighted by Gasteiger charge is -2.32. The minimum absolute atomic E-state index is 0.0717. The Hall–Kier alpha value is -1.71. The van der Waals surface area contributed by atoms with E-state index in [0.717, 1.165) is 51.4 Å². The number of epoxide rings is 3. The number of carboxylic acid groups (broad SMARTS) is 2. The molecule has 9 nitrogen and oxygen atoms in total. The van der Waals surface area contributed by atoms with E-state index < -0.39 is 29.6 Å². The highest BCUT2D eigenvalue weighted by Crippen LogP contribution is 2.54. The third-order valence-corrected chi connectivity index (χ3v) is 8.33. The first-order valence-corrected chi connectivity index (χ1v) is 12.5. The van der Waals surface area contributed by atoms with Crippen LogP contribution >= 0.6 is 0 Å². The number of carbonyl (C=O) groups excluding carboxylic acids is 1. The van der Waals surface area contributed by atoms with E-state index in [1.165, 1.54) is 0 Å². The molecule has 0 aromatic carbocycles. The average Bonchev–Trinajstić information content (AvgIpc) is 3.66. The van der Waals surface area contributed by atoms with Crippen LogP contribution in [0.3, 0.4) is 0 Å². The number of esters is 1. The van der Waals surface area contributed by atoms with Gasteiger partial charge in [0.1, 0.15) is 11.7 Å². The highest BCUT2D eigenvalue weighted by Gasteiger charge is 2.66. The van der Waals surface area contributed by atoms with Gasteiger partial charge in [-0.15, -0.1) is 0 Å². The van der Waals surface area contributed by atoms with Gasteiger partial charge >= 0.3 is 17.9 Å². The molecule has 6 rings (SSSR count). The molecule has 3 saturated heterocycles. The Bertz CT molecular complexity index is 799. The highest BCUT2D eigenvalue weighted by atomic mass is 16.7. The van der Waals surface area contributed by atoms with E-state index in [2.05, 4.69) is 6.92 Å². The molecular weight excluding hydrogens is 432 g/mol. The van der Waals surface area contributed by atoms with Gasteiger partial charge in [0, 0.05) is 6.42 Å². The number of carboxylic acids is 2. The van der Waals surface area contributed by atoms with Crippen LogP contribution in [0, 0.1) is 17.8 Å². The van der Waals surface area contributed by atoms with Crippen LogP contribution in [-0.2, 0) is 33.3 Å². The fraction of sp³-hybridized carbons (Fsp3) is 0.875. The summed E-state index contributed by atoms with van der Waals surface area (Å²) in [5.41, 5.74) is -0.427. The van der Waals surface area contributed by atoms with Crippen LogP contribution in [-0.4, -0.2) is 70.3 Å². The molecule has 3 aliphatic heterocycles. The van der Waals surface area contributed by atoms with Crippen LogP contribution in [0.4, 0.5) is 0 Å². The lowest BCUT2D eigenvalue weighted by atomic mass is 9.77. The molecule has 33 heavy (non-hydrogen) atoms. The molecule has 9 heteroatoms. The molecule has 6 fully saturated rings. The molecule has 10 unspecified atom stereocenters. The summed E-state index contributed by atoms with van der Waals surface area (Å²) in [5, 5.41) is 17.9. The number of ether oxygens (including phenoxy) is 4. The predicted molar refractivity (Wildman–Crippen MR) is 112 cm³/mol. The van der Waals surface area contributed by atoms with Crippen molar-refractivity contribution in [3.05, 3.63) is 0 Å². The van der Waals surface area contributed by atoms with Gasteiger partial charge in [-0.1, -0.05) is 13.3 Å². The Morgan fingerprint density at radius 3 is 2.00 bits per heavy atom. The highest BCUT2D eigenvalue weighted by molar-refractivity contribution is 5.74. The topological polar surface area (TPSA) is 138 Å². The minimum Gasteiger partial charge on any atom is -0.481 e. The van der Waals surface area contributed by atoms with Gasteiger partial charge in [0.25, 0.3) is 0 Å². The molecule has 10 atom stereocenters. The first-order chi connectivity index (χ1) is 15.8. The van der Waals surface area contributed by atoms with Crippen molar-refractivity contribution in [2.45, 2.75) is 113 Å². The maximum Gasteiger partial charge on any atom is 0.309 e. The van der Waals surface area contributed by atoms with Gasteiger partial charge in [0.15, 0.2) is 0 Å². The van der Waals surface area contributed by atoms with E-state index in [9.17, 15) is 19.5 Å². The predicted octanol–water partition coefficient (Wildman–Crippen LogP) is 2.54. The minimum atomic E-state index is -0.821. The summed E-state index contributed by atoms with van der Waals surface area (Å²) in [6.45, 7) is 2.07. The fourth-order valence-electron chi connectivity index (χ4n) is 6.18. The molecule has 0 bridgehead atoms. The van der Waals surface area contributed by atoms with Crippen LogP contribution in [0.2, 0.25) is 0 Å². The third-order valence-electron chi connectivity index (χ3n) is 8.33. The molecule has 3 heterocycles. The number of hydrogen-bond acceptors (Lipinski definition) is 7. The Morgan fingerprint density at radius 1 is 0.818 bits per heavy atom. The van der Waals surface area contributed by atoms with Crippen LogP contribution < -0.4 is 0 Å². The van der Waals surface area contributed by atoms with Crippen molar-refractivity contribution in [1.82, 2.24) is 0 Å². The normalized spacial score (nSPS) is 46.3. The summed E-state index contributed by atoms with van der Waals surface area (Å²) in [7, 11) is 0. The second kappa shape index (κ2) is 8.82. The zero-order chi connectivity index (χ0) is 23.3. The molecule has 3 saturated carbocycles. The zero-order valence-corrected chi connectivity index (χ0v) is 19.0. The molecule has 0 radical (unpaired) electrons. The molecule has 0 spiro atoms. The van der Waals surface area contributed by atoms with Crippen molar-refractivity contribution in [3.8, 4) is 0 Å². The summed E-state index contributed by atoms with van der Waals surface area (Å²) in [6, 6.07) is 0. The smallest absolute Gasteiger partial charge is 0.309 e. The molecule has 184 valence electrons. The summed E-state index contributed by atoms with van der Waals surface area (Å²) in [4.78, 5) is 34.3. The van der Waals surface area contributed by atoms with Gasteiger partial charge in [0.05, 0.1) is 48.3 Å². The standard InChI is InChI=1S/C17H24O6.C7H10O3/c1-2-5-17-13(7-10(15(18)19)8-14(17)23-17)22-16(20)9-3-4-11-12(6-9)21-11;8-7(9)4-1-2-5-6(3-4)10-5/h9-14H,2-8H2,1H3,(H,18,19);4-6H,1-3H2,(H,8,9). The Balaban J connectivity index is 0.000000190. The van der Waals surface area contributed by atoms with E-state index in [1.54, 1.807) is 0 Å². The summed E-state index contributed by atoms with van der Waals surface area (Å²) in [5.74, 6) is -2.40. The first-order valence-electron chi connectivity index (χ1n) is 12.5. The van der Waals surface area contributed by atoms with Crippen LogP contribution in [0.15, 0.2) is 0 Å². The van der Waals surface area contributed by atoms with E-state index in [4.69, 9.17) is 24.1 Å². The van der Waals surface area contributed by atoms with E-state index in [-0.39, 0.29) is 36.1 Å². The number of rotatable bonds is 6. The fourth-order valence-corrected chi connectivity index (χ4v) is 6.18. The first kappa shape index (κ1) is 23.1. The summed E-state index contributed by atoms with van der Waals surface area (Å²) in [6.07, 6.45) is 8.40. The van der Waals surface area contributed by atoms with Gasteiger partial charge in [-0.3, -0.25) is 14.4 Å². The maximum atomic E-state index is 12.5. The SMILES string of the molecule is CCCC12OC1CC(C(=O)O)CC2OC(=O)C1CCC2OC2C1.O=C(O)C1CCC2OC2C1. The van der Waals surface area contributed by atoms with E-state index in [0.29, 0.717) is 25.0 Å². The van der Waals surface area contributed by atoms with Gasteiger partial charge in [-0.25, -0.2) is 0 Å². The monoisotopic (exact) mass is 466 g/mol. The molecular formula is C24H34O9. The number of carbonyl (C=O) groups is 3. The van der Waals surface area contributed by atoms with Gasteiger partial charge in [-0.2, -0.15) is 0 Å². The molecule has 0 amide bonds. The lowest BCUT2D eigenvalue weighted by Crippen LogP contribution is -2.44. The summed E-state index contributed by atoms with van der Waals surface area (Å²) >= 11 is 0. The second-order valence-corrected chi connectivity index (χ2v) is 10.5. The molecule has 2 N–H and O–H groups in total. The van der Waals surface area contributed by atoms with Crippen LogP contribution in [0.5, 0.6) is 0 Å². The number of hydrogen-bond donors (Lipinski definition) is 2. The van der Waals surface area contributed by atoms with Crippen molar-refractivity contribution in [3.63, 3.8) is 0 Å². The van der Waals surface area contributed by atoms with Crippen molar-refractivity contribution in [1.29, 1.82) is 0 Å². The van der Waals surface area contributed by atoms with Crippen molar-refractivity contribution in [2.24, 2.45) is 17.8 Å². The van der Waals surface area contributed by atoms with Gasteiger partial charge in [-0.05, 0) is 51.4 Å². The molecule has 0 aromatic rings. The van der Waals surface area contributed by atoms with Crippen molar-refractivity contribution in [2.75, 3.05) is 0 Å². The van der Waals surface area contributed by atoms with Crippen molar-refractivity contribution < 1.29 is 43.5 Å². The Labute approximate surface area is 193 Å². The lowest BCUT2D eigenvalue weighted by molar-refractivity contribution is -0.163. The van der Waals surface area contributed by atoms with E-state index >= 15 is 0 Å². The van der Waals surface area contributed by atoms with Crippen molar-refractivity contribution >= 4 is 17.9 Å². The Kier molecular flexibility index (Phi) is 6.16. The van der Waals surface area contributed by atoms with Gasteiger partial charge < -0.3 is 29.2 Å². The van der Waals surface area contributed by atoms with Crippen LogP contribution in [0.25, 0.3) is 0 Å². The zero-order valence-electron chi connectivity index (χ0n) is 19.0. The number of aliphatic carboxylic acids is 2. The van der Waals surface area contributed by atoms with E-state index in [1.807, 2.05) is 0 Å². The number of fused-ring (bicyclic) bond motifs is 3. The van der Waals surface area contributed by atoms with Crippen LogP contribution in [0.1, 0.15) is 71.1 Å². The molecule has 3 aliphatic carbocycles. The third kappa shape index (κ3) is 4.77. The Morgan fingerprint density at radius 2 is 1.42 bits per heavy atom. The summed E-state index contributed by atoms with van der Waals surface area (Å²) < 4.78 is 22.3.